The fourth-order valence-electron chi connectivity index (χ4n) is 2.54. The number of hydrogen-bond donors (Lipinski definition) is 2. The SMILES string of the molecule is CCn1c(COC(=O)c2nc(Cl)c(N)nc2N)nc2ccc(C)cc21. The van der Waals surface area contributed by atoms with Crippen LogP contribution in [0.5, 0.6) is 0 Å². The molecule has 0 aliphatic carbocycles. The number of carbonyl (C=O) groups excluding carboxylic acids is 1. The number of hydrogen-bond acceptors (Lipinski definition) is 7. The molecule has 2 aromatic heterocycles. The monoisotopic (exact) mass is 360 g/mol. The Bertz CT molecular complexity index is 969. The lowest BCUT2D eigenvalue weighted by Crippen LogP contribution is -2.15. The summed E-state index contributed by atoms with van der Waals surface area (Å²) in [6.07, 6.45) is 0. The van der Waals surface area contributed by atoms with Gasteiger partial charge in [0, 0.05) is 6.54 Å². The number of rotatable bonds is 4. The molecule has 0 bridgehead atoms. The van der Waals surface area contributed by atoms with Crippen molar-refractivity contribution in [3.05, 3.63) is 40.4 Å². The third-order valence-electron chi connectivity index (χ3n) is 3.73. The lowest BCUT2D eigenvalue weighted by molar-refractivity contribution is 0.0453. The van der Waals surface area contributed by atoms with Crippen molar-refractivity contribution in [2.45, 2.75) is 27.0 Å². The Hall–Kier alpha value is -2.87. The molecule has 3 rings (SSSR count). The highest BCUT2D eigenvalue weighted by Gasteiger charge is 2.19. The zero-order valence-corrected chi connectivity index (χ0v) is 14.5. The molecule has 0 aliphatic heterocycles. The quantitative estimate of drug-likeness (QED) is 0.684. The number of nitrogens with two attached hydrogens (primary N) is 2. The molecule has 0 saturated heterocycles. The van der Waals surface area contributed by atoms with Gasteiger partial charge in [-0.25, -0.2) is 19.7 Å². The van der Waals surface area contributed by atoms with Crippen molar-refractivity contribution in [3.63, 3.8) is 0 Å². The topological polar surface area (TPSA) is 122 Å². The van der Waals surface area contributed by atoms with Crippen LogP contribution in [0.1, 0.15) is 28.8 Å². The van der Waals surface area contributed by atoms with Gasteiger partial charge in [-0.1, -0.05) is 17.7 Å². The van der Waals surface area contributed by atoms with E-state index in [4.69, 9.17) is 27.8 Å². The van der Waals surface area contributed by atoms with Crippen molar-refractivity contribution < 1.29 is 9.53 Å². The maximum absolute atomic E-state index is 12.2. The van der Waals surface area contributed by atoms with E-state index in [2.05, 4.69) is 15.0 Å². The molecule has 25 heavy (non-hydrogen) atoms. The van der Waals surface area contributed by atoms with Crippen molar-refractivity contribution in [1.29, 1.82) is 0 Å². The molecule has 4 N–H and O–H groups in total. The van der Waals surface area contributed by atoms with E-state index in [1.165, 1.54) is 0 Å². The second kappa shape index (κ2) is 6.56. The van der Waals surface area contributed by atoms with Crippen molar-refractivity contribution in [3.8, 4) is 0 Å². The van der Waals surface area contributed by atoms with Crippen molar-refractivity contribution >= 4 is 40.2 Å². The van der Waals surface area contributed by atoms with Gasteiger partial charge in [-0.15, -0.1) is 0 Å². The molecular formula is C16H17ClN6O2. The molecule has 0 amide bonds. The second-order valence-electron chi connectivity index (χ2n) is 5.47. The van der Waals surface area contributed by atoms with E-state index in [1.54, 1.807) is 0 Å². The predicted octanol–water partition coefficient (Wildman–Crippen LogP) is 2.33. The summed E-state index contributed by atoms with van der Waals surface area (Å²) in [4.78, 5) is 24.3. The van der Waals surface area contributed by atoms with Crippen molar-refractivity contribution in [2.24, 2.45) is 0 Å². The Morgan fingerprint density at radius 3 is 2.72 bits per heavy atom. The number of carbonyl (C=O) groups is 1. The van der Waals surface area contributed by atoms with E-state index >= 15 is 0 Å². The van der Waals surface area contributed by atoms with Crippen LogP contribution in [0, 0.1) is 6.92 Å². The average molecular weight is 361 g/mol. The smallest absolute Gasteiger partial charge is 0.361 e. The summed E-state index contributed by atoms with van der Waals surface area (Å²) in [5.41, 5.74) is 13.9. The molecule has 0 unspecified atom stereocenters. The van der Waals surface area contributed by atoms with Gasteiger partial charge in [-0.05, 0) is 31.5 Å². The van der Waals surface area contributed by atoms with Gasteiger partial charge in [0.2, 0.25) is 0 Å². The van der Waals surface area contributed by atoms with Crippen LogP contribution in [-0.2, 0) is 17.9 Å². The molecule has 0 aliphatic rings. The minimum Gasteiger partial charge on any atom is -0.453 e. The Kier molecular flexibility index (Phi) is 4.45. The van der Waals surface area contributed by atoms with Crippen LogP contribution in [-0.4, -0.2) is 25.5 Å². The number of benzene rings is 1. The summed E-state index contributed by atoms with van der Waals surface area (Å²) >= 11 is 5.78. The van der Waals surface area contributed by atoms with Gasteiger partial charge >= 0.3 is 5.97 Å². The van der Waals surface area contributed by atoms with Crippen molar-refractivity contribution in [2.75, 3.05) is 11.5 Å². The number of imidazole rings is 1. The number of aromatic nitrogens is 4. The van der Waals surface area contributed by atoms with E-state index in [0.29, 0.717) is 12.4 Å². The summed E-state index contributed by atoms with van der Waals surface area (Å²) in [7, 11) is 0. The van der Waals surface area contributed by atoms with Gasteiger partial charge in [-0.3, -0.25) is 0 Å². The Labute approximate surface area is 148 Å². The molecule has 0 fully saturated rings. The summed E-state index contributed by atoms with van der Waals surface area (Å²) in [5.74, 6) is -0.285. The standard InChI is InChI=1S/C16H17ClN6O2/c1-3-23-10-6-8(2)4-5-9(10)20-11(23)7-25-16(24)12-14(18)22-15(19)13(17)21-12/h4-6H,3,7H2,1-2H3,(H4,18,19,22). The number of nitrogens with zero attached hydrogens (tertiary/aromatic N) is 4. The molecule has 9 heteroatoms. The largest absolute Gasteiger partial charge is 0.453 e. The predicted molar refractivity (Wildman–Crippen MR) is 95.1 cm³/mol. The maximum atomic E-state index is 12.2. The molecule has 0 saturated carbocycles. The van der Waals surface area contributed by atoms with Gasteiger partial charge in [0.05, 0.1) is 11.0 Å². The van der Waals surface area contributed by atoms with Crippen LogP contribution in [0.3, 0.4) is 0 Å². The fourth-order valence-corrected chi connectivity index (χ4v) is 2.66. The van der Waals surface area contributed by atoms with E-state index in [9.17, 15) is 4.79 Å². The molecule has 1 aromatic carbocycles. The zero-order chi connectivity index (χ0) is 18.1. The van der Waals surface area contributed by atoms with E-state index in [-0.39, 0.29) is 29.1 Å². The third-order valence-corrected chi connectivity index (χ3v) is 4.01. The summed E-state index contributed by atoms with van der Waals surface area (Å²) in [6.45, 7) is 4.68. The highest BCUT2D eigenvalue weighted by atomic mass is 35.5. The second-order valence-corrected chi connectivity index (χ2v) is 5.83. The molecule has 130 valence electrons. The van der Waals surface area contributed by atoms with Crippen molar-refractivity contribution in [1.82, 2.24) is 19.5 Å². The van der Waals surface area contributed by atoms with Crippen LogP contribution in [0.25, 0.3) is 11.0 Å². The van der Waals surface area contributed by atoms with Crippen LogP contribution in [0.2, 0.25) is 5.15 Å². The van der Waals surface area contributed by atoms with E-state index in [1.807, 2.05) is 36.6 Å². The van der Waals surface area contributed by atoms with Crippen LogP contribution >= 0.6 is 11.6 Å². The molecule has 0 spiro atoms. The van der Waals surface area contributed by atoms with Gasteiger partial charge in [0.1, 0.15) is 12.4 Å². The molecule has 3 aromatic rings. The van der Waals surface area contributed by atoms with Gasteiger partial charge < -0.3 is 20.8 Å². The van der Waals surface area contributed by atoms with Gasteiger partial charge in [0.15, 0.2) is 22.5 Å². The lowest BCUT2D eigenvalue weighted by atomic mass is 10.2. The Morgan fingerprint density at radius 2 is 2.00 bits per heavy atom. The molecule has 2 heterocycles. The Balaban J connectivity index is 1.85. The first kappa shape index (κ1) is 17.0. The number of nitrogen functional groups attached to an aromatic ring is 2. The van der Waals surface area contributed by atoms with Gasteiger partial charge in [0.25, 0.3) is 0 Å². The van der Waals surface area contributed by atoms with Crippen LogP contribution < -0.4 is 11.5 Å². The number of ether oxygens (including phenoxy) is 1. The van der Waals surface area contributed by atoms with E-state index in [0.717, 1.165) is 16.6 Å². The van der Waals surface area contributed by atoms with Gasteiger partial charge in [-0.2, -0.15) is 0 Å². The molecular weight excluding hydrogens is 344 g/mol. The van der Waals surface area contributed by atoms with E-state index < -0.39 is 5.97 Å². The summed E-state index contributed by atoms with van der Waals surface area (Å²) in [5, 5.41) is -0.0996. The average Bonchev–Trinajstić information content (AvgIpc) is 2.92. The first-order valence-corrected chi connectivity index (χ1v) is 7.99. The first-order chi connectivity index (χ1) is 11.9. The number of aryl methyl sites for hydroxylation is 2. The van der Waals surface area contributed by atoms with Crippen LogP contribution in [0.4, 0.5) is 11.6 Å². The highest BCUT2D eigenvalue weighted by molar-refractivity contribution is 6.31. The lowest BCUT2D eigenvalue weighted by Gasteiger charge is -2.09. The Morgan fingerprint density at radius 1 is 1.24 bits per heavy atom. The molecule has 0 radical (unpaired) electrons. The summed E-state index contributed by atoms with van der Waals surface area (Å²) < 4.78 is 7.27. The first-order valence-electron chi connectivity index (χ1n) is 7.62. The van der Waals surface area contributed by atoms with Crippen LogP contribution in [0.15, 0.2) is 18.2 Å². The fraction of sp³-hybridized carbons (Fsp3) is 0.250. The molecule has 0 atom stereocenters. The number of halogens is 1. The normalized spacial score (nSPS) is 11.0. The number of fused-ring (bicyclic) bond motifs is 1. The summed E-state index contributed by atoms with van der Waals surface area (Å²) in [6, 6.07) is 5.96. The molecule has 8 nitrogen and oxygen atoms in total. The maximum Gasteiger partial charge on any atom is 0.361 e. The number of anilines is 2. The minimum absolute atomic E-state index is 0.0243. The zero-order valence-electron chi connectivity index (χ0n) is 13.8. The number of esters is 1. The third kappa shape index (κ3) is 3.20. The minimum atomic E-state index is -0.738. The highest BCUT2D eigenvalue weighted by Crippen LogP contribution is 2.20.